The molecule has 0 fully saturated rings. The molecule has 2 heterocycles. The summed E-state index contributed by atoms with van der Waals surface area (Å²) in [6.07, 6.45) is 0. The molecule has 2 aromatic heterocycles. The molecular formula is C74H52N2S2. The third kappa shape index (κ3) is 8.43. The maximum Gasteiger partial charge on any atom is 0.0540 e. The molecule has 12 aromatic carbocycles. The van der Waals surface area contributed by atoms with E-state index in [1.54, 1.807) is 0 Å². The second-order valence-electron chi connectivity index (χ2n) is 20.1. The molecule has 0 unspecified atom stereocenters. The maximum atomic E-state index is 2.46. The third-order valence-corrected chi connectivity index (χ3v) is 17.8. The van der Waals surface area contributed by atoms with Crippen molar-refractivity contribution in [2.45, 2.75) is 13.8 Å². The zero-order chi connectivity index (χ0) is 52.1. The number of para-hydroxylation sites is 2. The van der Waals surface area contributed by atoms with Gasteiger partial charge in [-0.3, -0.25) is 0 Å². The molecule has 0 spiro atoms. The van der Waals surface area contributed by atoms with Crippen LogP contribution in [0.3, 0.4) is 0 Å². The standard InChI is InChI=1S/C74H52N2S2/c1-49-47-55(39-45-67(49)75(57-41-35-53(36-42-57)51-19-5-3-6-20-51)69-31-13-9-23-59(69)63-27-17-29-65-61-25-11-15-33-71(61)77-73(63)65)56-40-46-68(50(2)48-56)76(58-43-37-54(38-44-58)52-21-7-4-8-22-52)70-32-14-10-24-60(70)64-28-18-30-66-62-26-12-16-34-72(62)78-74(64)66/h3-48H,1-2H3. The Labute approximate surface area is 463 Å². The van der Waals surface area contributed by atoms with Crippen LogP contribution in [0.5, 0.6) is 0 Å². The Bertz CT molecular complexity index is 4220. The van der Waals surface area contributed by atoms with Gasteiger partial charge in [-0.05, 0) is 131 Å². The van der Waals surface area contributed by atoms with Crippen LogP contribution in [0, 0.1) is 13.8 Å². The zero-order valence-corrected chi connectivity index (χ0v) is 44.9. The lowest BCUT2D eigenvalue weighted by Crippen LogP contribution is -2.13. The van der Waals surface area contributed by atoms with Gasteiger partial charge >= 0.3 is 0 Å². The molecule has 0 aliphatic rings. The fourth-order valence-corrected chi connectivity index (χ4v) is 14.0. The van der Waals surface area contributed by atoms with Crippen LogP contribution in [0.4, 0.5) is 34.1 Å². The van der Waals surface area contributed by atoms with Crippen LogP contribution in [0.15, 0.2) is 279 Å². The van der Waals surface area contributed by atoms with E-state index in [0.29, 0.717) is 0 Å². The van der Waals surface area contributed by atoms with Gasteiger partial charge in [0, 0.05) is 85.3 Å². The third-order valence-electron chi connectivity index (χ3n) is 15.4. The Morgan fingerprint density at radius 1 is 0.244 bits per heavy atom. The fourth-order valence-electron chi connectivity index (χ4n) is 11.6. The summed E-state index contributed by atoms with van der Waals surface area (Å²) in [4.78, 5) is 4.92. The Kier molecular flexibility index (Phi) is 12.1. The summed E-state index contributed by atoms with van der Waals surface area (Å²) in [5, 5.41) is 5.19. The van der Waals surface area contributed by atoms with Gasteiger partial charge in [-0.15, -0.1) is 22.7 Å². The van der Waals surface area contributed by atoms with Crippen molar-refractivity contribution in [1.82, 2.24) is 0 Å². The van der Waals surface area contributed by atoms with Gasteiger partial charge in [0.2, 0.25) is 0 Å². The number of rotatable bonds is 11. The van der Waals surface area contributed by atoms with E-state index in [1.807, 2.05) is 22.7 Å². The summed E-state index contributed by atoms with van der Waals surface area (Å²) >= 11 is 3.75. The van der Waals surface area contributed by atoms with Crippen LogP contribution in [0.2, 0.25) is 0 Å². The van der Waals surface area contributed by atoms with E-state index >= 15 is 0 Å². The van der Waals surface area contributed by atoms with Gasteiger partial charge in [-0.2, -0.15) is 0 Å². The first kappa shape index (κ1) is 47.2. The molecule has 0 saturated carbocycles. The molecule has 0 saturated heterocycles. The highest BCUT2D eigenvalue weighted by Crippen LogP contribution is 2.50. The number of fused-ring (bicyclic) bond motifs is 6. The molecule has 370 valence electrons. The lowest BCUT2D eigenvalue weighted by Gasteiger charge is -2.30. The fraction of sp³-hybridized carbons (Fsp3) is 0.0270. The molecular weight excluding hydrogens is 981 g/mol. The number of benzene rings is 12. The smallest absolute Gasteiger partial charge is 0.0540 e. The average Bonchev–Trinajstić information content (AvgIpc) is 4.22. The number of hydrogen-bond donors (Lipinski definition) is 0. The molecule has 2 nitrogen and oxygen atoms in total. The normalized spacial score (nSPS) is 11.5. The van der Waals surface area contributed by atoms with Crippen LogP contribution in [-0.4, -0.2) is 0 Å². The van der Waals surface area contributed by atoms with Crippen LogP contribution >= 0.6 is 22.7 Å². The molecule has 0 amide bonds. The summed E-state index contributed by atoms with van der Waals surface area (Å²) in [5.41, 5.74) is 21.1. The van der Waals surface area contributed by atoms with Gasteiger partial charge in [0.25, 0.3) is 0 Å². The molecule has 0 aliphatic heterocycles. The van der Waals surface area contributed by atoms with Crippen molar-refractivity contribution in [2.24, 2.45) is 0 Å². The SMILES string of the molecule is Cc1cc(-c2ccc(N(c3ccc(-c4ccccc4)cc3)c3ccccc3-c3cccc4c3sc3ccccc34)c(C)c2)ccc1N(c1ccc(-c2ccccc2)cc1)c1ccccc1-c1cccc2c1sc1ccccc12. The van der Waals surface area contributed by atoms with E-state index in [2.05, 4.69) is 303 Å². The number of thiophene rings is 2. The molecule has 14 aromatic rings. The van der Waals surface area contributed by atoms with E-state index in [0.717, 1.165) is 34.1 Å². The molecule has 0 bridgehead atoms. The highest BCUT2D eigenvalue weighted by molar-refractivity contribution is 7.26. The van der Waals surface area contributed by atoms with Gasteiger partial charge in [-0.25, -0.2) is 0 Å². The Hall–Kier alpha value is -9.32. The predicted molar refractivity (Wildman–Crippen MR) is 338 cm³/mol. The second kappa shape index (κ2) is 20.0. The minimum Gasteiger partial charge on any atom is -0.310 e. The highest BCUT2D eigenvalue weighted by atomic mass is 32.1. The summed E-state index contributed by atoms with van der Waals surface area (Å²) in [7, 11) is 0. The van der Waals surface area contributed by atoms with E-state index in [4.69, 9.17) is 0 Å². The van der Waals surface area contributed by atoms with Crippen molar-refractivity contribution in [3.05, 3.63) is 290 Å². The van der Waals surface area contributed by atoms with E-state index in [1.165, 1.54) is 107 Å². The zero-order valence-electron chi connectivity index (χ0n) is 43.3. The van der Waals surface area contributed by atoms with Crippen LogP contribution in [-0.2, 0) is 0 Å². The monoisotopic (exact) mass is 1030 g/mol. The van der Waals surface area contributed by atoms with E-state index < -0.39 is 0 Å². The van der Waals surface area contributed by atoms with E-state index in [-0.39, 0.29) is 0 Å². The largest absolute Gasteiger partial charge is 0.310 e. The van der Waals surface area contributed by atoms with Crippen molar-refractivity contribution < 1.29 is 0 Å². The summed E-state index contributed by atoms with van der Waals surface area (Å²) in [5.74, 6) is 0. The Morgan fingerprint density at radius 2 is 0.577 bits per heavy atom. The summed E-state index contributed by atoms with van der Waals surface area (Å²) in [6, 6.07) is 102. The van der Waals surface area contributed by atoms with Gasteiger partial charge in [0.1, 0.15) is 0 Å². The van der Waals surface area contributed by atoms with Gasteiger partial charge < -0.3 is 9.80 Å². The summed E-state index contributed by atoms with van der Waals surface area (Å²) in [6.45, 7) is 4.52. The number of anilines is 6. The van der Waals surface area contributed by atoms with Crippen LogP contribution in [0.25, 0.3) is 96.0 Å². The van der Waals surface area contributed by atoms with Crippen molar-refractivity contribution in [2.75, 3.05) is 9.80 Å². The topological polar surface area (TPSA) is 6.48 Å². The summed E-state index contributed by atoms with van der Waals surface area (Å²) < 4.78 is 5.21. The molecule has 4 heteroatoms. The average molecular weight is 1030 g/mol. The second-order valence-corrected chi connectivity index (χ2v) is 22.2. The van der Waals surface area contributed by atoms with Crippen molar-refractivity contribution in [3.63, 3.8) is 0 Å². The molecule has 78 heavy (non-hydrogen) atoms. The molecule has 14 rings (SSSR count). The molecule has 0 atom stereocenters. The first-order valence-corrected chi connectivity index (χ1v) is 28.3. The van der Waals surface area contributed by atoms with Gasteiger partial charge in [0.05, 0.1) is 11.4 Å². The Balaban J connectivity index is 0.877. The molecule has 0 radical (unpaired) electrons. The van der Waals surface area contributed by atoms with E-state index in [9.17, 15) is 0 Å². The van der Waals surface area contributed by atoms with Crippen molar-refractivity contribution in [3.8, 4) is 55.6 Å². The molecule has 0 aliphatic carbocycles. The predicted octanol–water partition coefficient (Wildman–Crippen LogP) is 22.3. The van der Waals surface area contributed by atoms with Crippen molar-refractivity contribution >= 4 is 97.1 Å². The van der Waals surface area contributed by atoms with Crippen LogP contribution in [0.1, 0.15) is 11.1 Å². The highest BCUT2D eigenvalue weighted by Gasteiger charge is 2.24. The lowest BCUT2D eigenvalue weighted by atomic mass is 9.96. The number of aryl methyl sites for hydroxylation is 2. The molecule has 0 N–H and O–H groups in total. The lowest BCUT2D eigenvalue weighted by molar-refractivity contribution is 1.24. The van der Waals surface area contributed by atoms with Gasteiger partial charge in [-0.1, -0.05) is 206 Å². The quantitative estimate of drug-likeness (QED) is 0.127. The van der Waals surface area contributed by atoms with Crippen molar-refractivity contribution in [1.29, 1.82) is 0 Å². The first-order chi connectivity index (χ1) is 38.5. The number of hydrogen-bond acceptors (Lipinski definition) is 4. The number of nitrogens with zero attached hydrogens (tertiary/aromatic N) is 2. The van der Waals surface area contributed by atoms with Gasteiger partial charge in [0.15, 0.2) is 0 Å². The maximum absolute atomic E-state index is 2.46. The van der Waals surface area contributed by atoms with Crippen LogP contribution < -0.4 is 9.80 Å². The minimum absolute atomic E-state index is 1.10. The first-order valence-electron chi connectivity index (χ1n) is 26.6. The minimum atomic E-state index is 1.10. The Morgan fingerprint density at radius 3 is 1.00 bits per heavy atom.